The van der Waals surface area contributed by atoms with Crippen LogP contribution in [0.5, 0.6) is 0 Å². The summed E-state index contributed by atoms with van der Waals surface area (Å²) in [5.74, 6) is -0.290. The van der Waals surface area contributed by atoms with Gasteiger partial charge in [-0.3, -0.25) is 4.79 Å². The van der Waals surface area contributed by atoms with E-state index in [1.807, 2.05) is 13.0 Å². The van der Waals surface area contributed by atoms with Crippen LogP contribution in [0.4, 0.5) is 5.69 Å². The van der Waals surface area contributed by atoms with E-state index in [-0.39, 0.29) is 11.8 Å². The van der Waals surface area contributed by atoms with Gasteiger partial charge in [0.1, 0.15) is 6.33 Å². The van der Waals surface area contributed by atoms with Crippen molar-refractivity contribution in [2.75, 3.05) is 5.32 Å². The number of carbonyl (C=O) groups is 1. The molecule has 0 fully saturated rings. The fraction of sp³-hybridized carbons (Fsp3) is 0.312. The first kappa shape index (κ1) is 12.8. The lowest BCUT2D eigenvalue weighted by atomic mass is 10.0. The number of nitrogens with one attached hydrogen (secondary N) is 1. The Balaban J connectivity index is 1.73. The topological polar surface area (TPSA) is 54.9 Å². The van der Waals surface area contributed by atoms with E-state index in [1.54, 1.807) is 12.4 Å². The molecule has 2 aromatic rings. The number of benzene rings is 1. The molecule has 1 atom stereocenters. The maximum atomic E-state index is 12.2. The summed E-state index contributed by atoms with van der Waals surface area (Å²) in [6.07, 6.45) is 8.31. The predicted octanol–water partition coefficient (Wildman–Crippen LogP) is 2.71. The van der Waals surface area contributed by atoms with E-state index in [2.05, 4.69) is 27.4 Å². The Kier molecular flexibility index (Phi) is 3.46. The molecule has 1 aliphatic carbocycles. The van der Waals surface area contributed by atoms with E-state index in [9.17, 15) is 4.79 Å². The standard InChI is InChI=1S/C16H17N3O/c1-11(14-8-17-10-18-9-14)16(20)19-15-6-5-12-3-2-4-13(12)7-15/h5-11H,2-4H2,1H3,(H,19,20)/t11-/m0/s1. The lowest BCUT2D eigenvalue weighted by molar-refractivity contribution is -0.117. The van der Waals surface area contributed by atoms with Gasteiger partial charge in [-0.25, -0.2) is 9.97 Å². The number of aromatic nitrogens is 2. The molecule has 0 spiro atoms. The number of hydrogen-bond acceptors (Lipinski definition) is 3. The van der Waals surface area contributed by atoms with Crippen LogP contribution in [0.15, 0.2) is 36.9 Å². The molecule has 20 heavy (non-hydrogen) atoms. The van der Waals surface area contributed by atoms with Crippen molar-refractivity contribution in [3.63, 3.8) is 0 Å². The molecule has 102 valence electrons. The quantitative estimate of drug-likeness (QED) is 0.930. The summed E-state index contributed by atoms with van der Waals surface area (Å²) in [6.45, 7) is 1.86. The molecule has 0 aliphatic heterocycles. The van der Waals surface area contributed by atoms with E-state index >= 15 is 0 Å². The van der Waals surface area contributed by atoms with Gasteiger partial charge in [-0.05, 0) is 49.4 Å². The Labute approximate surface area is 118 Å². The highest BCUT2D eigenvalue weighted by Gasteiger charge is 2.17. The number of carbonyl (C=O) groups excluding carboxylic acids is 1. The molecule has 0 saturated heterocycles. The Hall–Kier alpha value is -2.23. The summed E-state index contributed by atoms with van der Waals surface area (Å²) in [5.41, 5.74) is 4.47. The van der Waals surface area contributed by atoms with Gasteiger partial charge < -0.3 is 5.32 Å². The first-order valence-corrected chi connectivity index (χ1v) is 6.91. The maximum Gasteiger partial charge on any atom is 0.231 e. The molecule has 1 aliphatic rings. The smallest absolute Gasteiger partial charge is 0.231 e. The Morgan fingerprint density at radius 1 is 1.20 bits per heavy atom. The average molecular weight is 267 g/mol. The SMILES string of the molecule is C[C@H](C(=O)Nc1ccc2c(c1)CCC2)c1cncnc1. The summed E-state index contributed by atoms with van der Waals surface area (Å²) in [7, 11) is 0. The number of amides is 1. The third-order valence-corrected chi connectivity index (χ3v) is 3.84. The highest BCUT2D eigenvalue weighted by molar-refractivity contribution is 5.95. The lowest BCUT2D eigenvalue weighted by Crippen LogP contribution is -2.19. The van der Waals surface area contributed by atoms with Gasteiger partial charge in [0.05, 0.1) is 5.92 Å². The predicted molar refractivity (Wildman–Crippen MR) is 77.5 cm³/mol. The number of rotatable bonds is 3. The minimum Gasteiger partial charge on any atom is -0.326 e. The second-order valence-electron chi connectivity index (χ2n) is 5.22. The lowest BCUT2D eigenvalue weighted by Gasteiger charge is -2.12. The number of hydrogen-bond donors (Lipinski definition) is 1. The van der Waals surface area contributed by atoms with Crippen LogP contribution in [0.1, 0.15) is 36.0 Å². The molecule has 1 heterocycles. The summed E-state index contributed by atoms with van der Waals surface area (Å²) < 4.78 is 0. The molecular formula is C16H17N3O. The van der Waals surface area contributed by atoms with Crippen molar-refractivity contribution in [2.24, 2.45) is 0 Å². The Bertz CT molecular complexity index is 625. The highest BCUT2D eigenvalue weighted by Crippen LogP contribution is 2.25. The van der Waals surface area contributed by atoms with Crippen molar-refractivity contribution >= 4 is 11.6 Å². The molecule has 1 aromatic heterocycles. The van der Waals surface area contributed by atoms with E-state index in [1.165, 1.54) is 23.9 Å². The van der Waals surface area contributed by atoms with Gasteiger partial charge in [0.15, 0.2) is 0 Å². The van der Waals surface area contributed by atoms with Gasteiger partial charge in [-0.1, -0.05) is 6.07 Å². The summed E-state index contributed by atoms with van der Waals surface area (Å²) in [4.78, 5) is 20.1. The zero-order valence-electron chi connectivity index (χ0n) is 11.5. The molecule has 0 saturated carbocycles. The van der Waals surface area contributed by atoms with Crippen LogP contribution in [0, 0.1) is 0 Å². The van der Waals surface area contributed by atoms with E-state index < -0.39 is 0 Å². The normalized spacial score (nSPS) is 14.7. The minimum atomic E-state index is -0.260. The fourth-order valence-electron chi connectivity index (χ4n) is 2.59. The number of aryl methyl sites for hydroxylation is 2. The molecule has 4 nitrogen and oxygen atoms in total. The Morgan fingerprint density at radius 2 is 1.95 bits per heavy atom. The van der Waals surface area contributed by atoms with Crippen LogP contribution in [-0.4, -0.2) is 15.9 Å². The van der Waals surface area contributed by atoms with Crippen molar-refractivity contribution in [3.8, 4) is 0 Å². The van der Waals surface area contributed by atoms with Crippen LogP contribution in [0.25, 0.3) is 0 Å². The van der Waals surface area contributed by atoms with Crippen LogP contribution < -0.4 is 5.32 Å². The molecule has 4 heteroatoms. The van der Waals surface area contributed by atoms with Crippen LogP contribution >= 0.6 is 0 Å². The van der Waals surface area contributed by atoms with Crippen LogP contribution in [0.3, 0.4) is 0 Å². The van der Waals surface area contributed by atoms with E-state index in [0.29, 0.717) is 0 Å². The van der Waals surface area contributed by atoms with Gasteiger partial charge in [-0.15, -0.1) is 0 Å². The Morgan fingerprint density at radius 3 is 2.75 bits per heavy atom. The zero-order valence-corrected chi connectivity index (χ0v) is 11.5. The molecule has 3 rings (SSSR count). The second-order valence-corrected chi connectivity index (χ2v) is 5.22. The van der Waals surface area contributed by atoms with Gasteiger partial charge in [0.2, 0.25) is 5.91 Å². The molecule has 0 radical (unpaired) electrons. The minimum absolute atomic E-state index is 0.0299. The van der Waals surface area contributed by atoms with Crippen LogP contribution in [0.2, 0.25) is 0 Å². The van der Waals surface area contributed by atoms with E-state index in [4.69, 9.17) is 0 Å². The largest absolute Gasteiger partial charge is 0.326 e. The number of nitrogens with zero attached hydrogens (tertiary/aromatic N) is 2. The number of fused-ring (bicyclic) bond motifs is 1. The van der Waals surface area contributed by atoms with Crippen molar-refractivity contribution in [3.05, 3.63) is 53.6 Å². The van der Waals surface area contributed by atoms with Crippen LogP contribution in [-0.2, 0) is 17.6 Å². The second kappa shape index (κ2) is 5.41. The van der Waals surface area contributed by atoms with Crippen molar-refractivity contribution < 1.29 is 4.79 Å². The first-order chi connectivity index (χ1) is 9.74. The van der Waals surface area contributed by atoms with Gasteiger partial charge in [-0.2, -0.15) is 0 Å². The average Bonchev–Trinajstić information content (AvgIpc) is 2.95. The summed E-state index contributed by atoms with van der Waals surface area (Å²) in [5, 5.41) is 2.98. The number of anilines is 1. The van der Waals surface area contributed by atoms with Gasteiger partial charge >= 0.3 is 0 Å². The fourth-order valence-corrected chi connectivity index (χ4v) is 2.59. The third-order valence-electron chi connectivity index (χ3n) is 3.84. The first-order valence-electron chi connectivity index (χ1n) is 6.91. The third kappa shape index (κ3) is 2.54. The molecule has 0 bridgehead atoms. The summed E-state index contributed by atoms with van der Waals surface area (Å²) >= 11 is 0. The molecule has 1 amide bonds. The van der Waals surface area contributed by atoms with Crippen molar-refractivity contribution in [1.29, 1.82) is 0 Å². The molecular weight excluding hydrogens is 250 g/mol. The zero-order chi connectivity index (χ0) is 13.9. The van der Waals surface area contributed by atoms with Gasteiger partial charge in [0, 0.05) is 23.6 Å². The molecule has 1 N–H and O–H groups in total. The highest BCUT2D eigenvalue weighted by atomic mass is 16.1. The van der Waals surface area contributed by atoms with Gasteiger partial charge in [0.25, 0.3) is 0 Å². The summed E-state index contributed by atoms with van der Waals surface area (Å²) in [6, 6.07) is 6.19. The maximum absolute atomic E-state index is 12.2. The van der Waals surface area contributed by atoms with E-state index in [0.717, 1.165) is 24.1 Å². The van der Waals surface area contributed by atoms with Crippen molar-refractivity contribution in [1.82, 2.24) is 9.97 Å². The molecule has 1 aromatic carbocycles. The monoisotopic (exact) mass is 267 g/mol. The van der Waals surface area contributed by atoms with Crippen molar-refractivity contribution in [2.45, 2.75) is 32.1 Å². The molecule has 0 unspecified atom stereocenters.